The highest BCUT2D eigenvalue weighted by molar-refractivity contribution is 5.33. The fourth-order valence-electron chi connectivity index (χ4n) is 2.05. The largest absolute Gasteiger partial charge is 0.387 e. The van der Waals surface area contributed by atoms with Gasteiger partial charge in [-0.05, 0) is 36.2 Å². The summed E-state index contributed by atoms with van der Waals surface area (Å²) in [6.45, 7) is 1.19. The zero-order valence-electron chi connectivity index (χ0n) is 11.6. The average molecular weight is 286 g/mol. The zero-order chi connectivity index (χ0) is 15.1. The number of aliphatic hydroxyl groups excluding tert-OH is 1. The predicted octanol–water partition coefficient (Wildman–Crippen LogP) is 2.46. The van der Waals surface area contributed by atoms with Gasteiger partial charge in [-0.3, -0.25) is 10.1 Å². The molecule has 0 bridgehead atoms. The van der Waals surface area contributed by atoms with Crippen molar-refractivity contribution >= 4 is 5.69 Å². The summed E-state index contributed by atoms with van der Waals surface area (Å²) in [5.74, 6) is 0. The van der Waals surface area contributed by atoms with Crippen LogP contribution in [0.2, 0.25) is 0 Å². The Kier molecular flexibility index (Phi) is 5.43. The molecule has 0 heterocycles. The fourth-order valence-corrected chi connectivity index (χ4v) is 2.05. The van der Waals surface area contributed by atoms with Crippen LogP contribution in [-0.4, -0.2) is 23.1 Å². The van der Waals surface area contributed by atoms with E-state index in [2.05, 4.69) is 17.4 Å². The van der Waals surface area contributed by atoms with Crippen molar-refractivity contribution in [2.24, 2.45) is 0 Å². The van der Waals surface area contributed by atoms with Gasteiger partial charge in [0.2, 0.25) is 0 Å². The molecule has 0 spiro atoms. The fraction of sp³-hybridized carbons (Fsp3) is 0.250. The van der Waals surface area contributed by atoms with E-state index < -0.39 is 11.0 Å². The van der Waals surface area contributed by atoms with Crippen LogP contribution in [-0.2, 0) is 6.42 Å². The summed E-state index contributed by atoms with van der Waals surface area (Å²) in [7, 11) is 0. The molecule has 0 aliphatic heterocycles. The summed E-state index contributed by atoms with van der Waals surface area (Å²) in [4.78, 5) is 10.1. The van der Waals surface area contributed by atoms with Crippen LogP contribution in [0.15, 0.2) is 54.6 Å². The third-order valence-electron chi connectivity index (χ3n) is 3.26. The van der Waals surface area contributed by atoms with Crippen LogP contribution in [0.4, 0.5) is 5.69 Å². The zero-order valence-corrected chi connectivity index (χ0v) is 11.6. The highest BCUT2D eigenvalue weighted by atomic mass is 16.6. The van der Waals surface area contributed by atoms with E-state index in [0.29, 0.717) is 12.1 Å². The standard InChI is InChI=1S/C16H18N2O3/c19-16(14-6-8-15(9-7-14)18(20)21)12-17-11-10-13-4-2-1-3-5-13/h1-9,16-17,19H,10-12H2/t16-/m1/s1. The van der Waals surface area contributed by atoms with Gasteiger partial charge in [0.05, 0.1) is 11.0 Å². The molecule has 0 aliphatic rings. The summed E-state index contributed by atoms with van der Waals surface area (Å²) in [6.07, 6.45) is 0.231. The van der Waals surface area contributed by atoms with Crippen LogP contribution in [0.5, 0.6) is 0 Å². The minimum absolute atomic E-state index is 0.0305. The number of rotatable bonds is 7. The van der Waals surface area contributed by atoms with Gasteiger partial charge in [-0.25, -0.2) is 0 Å². The maximum absolute atomic E-state index is 10.6. The maximum atomic E-state index is 10.6. The number of nitrogens with one attached hydrogen (secondary N) is 1. The lowest BCUT2D eigenvalue weighted by atomic mass is 10.1. The number of nitrogens with zero attached hydrogens (tertiary/aromatic N) is 1. The molecule has 5 nitrogen and oxygen atoms in total. The summed E-state index contributed by atoms with van der Waals surface area (Å²) in [6, 6.07) is 16.1. The van der Waals surface area contributed by atoms with Crippen molar-refractivity contribution in [3.05, 3.63) is 75.8 Å². The lowest BCUT2D eigenvalue weighted by molar-refractivity contribution is -0.384. The molecule has 2 aromatic carbocycles. The van der Waals surface area contributed by atoms with E-state index in [4.69, 9.17) is 0 Å². The number of nitro benzene ring substituents is 1. The molecule has 0 radical (unpaired) electrons. The molecule has 0 aromatic heterocycles. The first-order valence-electron chi connectivity index (χ1n) is 6.84. The number of benzene rings is 2. The van der Waals surface area contributed by atoms with Crippen molar-refractivity contribution in [2.75, 3.05) is 13.1 Å². The van der Waals surface area contributed by atoms with Crippen molar-refractivity contribution < 1.29 is 10.0 Å². The number of aliphatic hydroxyl groups is 1. The lowest BCUT2D eigenvalue weighted by Crippen LogP contribution is -2.23. The minimum atomic E-state index is -0.665. The van der Waals surface area contributed by atoms with E-state index in [0.717, 1.165) is 13.0 Å². The molecular formula is C16H18N2O3. The quantitative estimate of drug-likeness (QED) is 0.466. The Labute approximate surface area is 123 Å². The SMILES string of the molecule is O=[N+]([O-])c1ccc([C@H](O)CNCCc2ccccc2)cc1. The first-order valence-corrected chi connectivity index (χ1v) is 6.84. The molecule has 0 saturated carbocycles. The molecule has 21 heavy (non-hydrogen) atoms. The first kappa shape index (κ1) is 15.2. The van der Waals surface area contributed by atoms with Crippen molar-refractivity contribution in [2.45, 2.75) is 12.5 Å². The monoisotopic (exact) mass is 286 g/mol. The Hall–Kier alpha value is -2.24. The Morgan fingerprint density at radius 1 is 1.10 bits per heavy atom. The molecule has 0 amide bonds. The lowest BCUT2D eigenvalue weighted by Gasteiger charge is -2.12. The van der Waals surface area contributed by atoms with Gasteiger partial charge in [0, 0.05) is 18.7 Å². The number of hydrogen-bond acceptors (Lipinski definition) is 4. The van der Waals surface area contributed by atoms with Crippen LogP contribution in [0.3, 0.4) is 0 Å². The molecule has 0 aliphatic carbocycles. The predicted molar refractivity (Wildman–Crippen MR) is 81.1 cm³/mol. The van der Waals surface area contributed by atoms with Crippen LogP contribution < -0.4 is 5.32 Å². The Balaban J connectivity index is 1.76. The highest BCUT2D eigenvalue weighted by Crippen LogP contribution is 2.17. The molecule has 0 saturated heterocycles. The van der Waals surface area contributed by atoms with Crippen molar-refractivity contribution in [1.29, 1.82) is 0 Å². The topological polar surface area (TPSA) is 75.4 Å². The van der Waals surface area contributed by atoms with E-state index in [1.54, 1.807) is 12.1 Å². The number of nitro groups is 1. The van der Waals surface area contributed by atoms with E-state index in [9.17, 15) is 15.2 Å². The molecular weight excluding hydrogens is 268 g/mol. The molecule has 5 heteroatoms. The van der Waals surface area contributed by atoms with E-state index >= 15 is 0 Å². The Morgan fingerprint density at radius 2 is 1.76 bits per heavy atom. The third-order valence-corrected chi connectivity index (χ3v) is 3.26. The van der Waals surface area contributed by atoms with Crippen molar-refractivity contribution in [3.63, 3.8) is 0 Å². The van der Waals surface area contributed by atoms with Gasteiger partial charge >= 0.3 is 0 Å². The molecule has 0 unspecified atom stereocenters. The summed E-state index contributed by atoms with van der Waals surface area (Å²) < 4.78 is 0. The van der Waals surface area contributed by atoms with Gasteiger partial charge in [-0.2, -0.15) is 0 Å². The van der Waals surface area contributed by atoms with E-state index in [-0.39, 0.29) is 5.69 Å². The van der Waals surface area contributed by atoms with Crippen molar-refractivity contribution in [3.8, 4) is 0 Å². The second-order valence-corrected chi connectivity index (χ2v) is 4.80. The molecule has 2 N–H and O–H groups in total. The van der Waals surface area contributed by atoms with Crippen LogP contribution >= 0.6 is 0 Å². The van der Waals surface area contributed by atoms with Crippen LogP contribution in [0.1, 0.15) is 17.2 Å². The molecule has 0 fully saturated rings. The van der Waals surface area contributed by atoms with Gasteiger partial charge in [-0.15, -0.1) is 0 Å². The van der Waals surface area contributed by atoms with Gasteiger partial charge in [0.1, 0.15) is 0 Å². The van der Waals surface area contributed by atoms with Crippen LogP contribution in [0, 0.1) is 10.1 Å². The molecule has 1 atom stereocenters. The third kappa shape index (κ3) is 4.66. The second kappa shape index (κ2) is 7.52. The average Bonchev–Trinajstić information content (AvgIpc) is 2.52. The van der Waals surface area contributed by atoms with Crippen LogP contribution in [0.25, 0.3) is 0 Å². The molecule has 110 valence electrons. The number of non-ortho nitro benzene ring substituents is 1. The summed E-state index contributed by atoms with van der Waals surface area (Å²) >= 11 is 0. The second-order valence-electron chi connectivity index (χ2n) is 4.80. The normalized spacial score (nSPS) is 12.0. The summed E-state index contributed by atoms with van der Waals surface area (Å²) in [5.41, 5.74) is 1.95. The van der Waals surface area contributed by atoms with Gasteiger partial charge in [0.25, 0.3) is 5.69 Å². The first-order chi connectivity index (χ1) is 10.2. The molecule has 2 rings (SSSR count). The smallest absolute Gasteiger partial charge is 0.269 e. The van der Waals surface area contributed by atoms with E-state index in [1.807, 2.05) is 18.2 Å². The van der Waals surface area contributed by atoms with Gasteiger partial charge < -0.3 is 10.4 Å². The maximum Gasteiger partial charge on any atom is 0.269 e. The summed E-state index contributed by atoms with van der Waals surface area (Å²) in [5, 5.41) is 23.8. The Morgan fingerprint density at radius 3 is 2.38 bits per heavy atom. The molecule has 2 aromatic rings. The van der Waals surface area contributed by atoms with Crippen molar-refractivity contribution in [1.82, 2.24) is 5.32 Å². The highest BCUT2D eigenvalue weighted by Gasteiger charge is 2.09. The number of hydrogen-bond donors (Lipinski definition) is 2. The minimum Gasteiger partial charge on any atom is -0.387 e. The van der Waals surface area contributed by atoms with Gasteiger partial charge in [-0.1, -0.05) is 30.3 Å². The van der Waals surface area contributed by atoms with E-state index in [1.165, 1.54) is 17.7 Å². The Bertz CT molecular complexity index is 570. The van der Waals surface area contributed by atoms with Gasteiger partial charge in [0.15, 0.2) is 0 Å².